The number of carbonyl (C=O) groups is 1. The average Bonchev–Trinajstić information content (AvgIpc) is 2.47. The van der Waals surface area contributed by atoms with Crippen LogP contribution in [0.15, 0.2) is 42.5 Å². The van der Waals surface area contributed by atoms with Gasteiger partial charge < -0.3 is 10.4 Å². The summed E-state index contributed by atoms with van der Waals surface area (Å²) in [6, 6.07) is 14.0. The van der Waals surface area contributed by atoms with Crippen molar-refractivity contribution in [2.24, 2.45) is 0 Å². The van der Waals surface area contributed by atoms with E-state index in [0.29, 0.717) is 6.04 Å². The number of nitrogens with one attached hydrogen (secondary N) is 1. The van der Waals surface area contributed by atoms with E-state index >= 15 is 0 Å². The molecule has 2 aromatic rings. The van der Waals surface area contributed by atoms with Gasteiger partial charge in [0, 0.05) is 24.7 Å². The molecular weight excluding hydrogens is 252 g/mol. The van der Waals surface area contributed by atoms with Crippen LogP contribution >= 0.6 is 0 Å². The summed E-state index contributed by atoms with van der Waals surface area (Å²) in [5.74, 6) is -0.967. The van der Waals surface area contributed by atoms with Gasteiger partial charge in [0.05, 0.1) is 0 Å². The Morgan fingerprint density at radius 1 is 1.25 bits per heavy atom. The number of pyridine rings is 1. The Labute approximate surface area is 117 Å². The largest absolute Gasteiger partial charge is 0.477 e. The van der Waals surface area contributed by atoms with Crippen LogP contribution in [0.4, 0.5) is 0 Å². The predicted octanol–water partition coefficient (Wildman–Crippen LogP) is 2.04. The van der Waals surface area contributed by atoms with Crippen molar-refractivity contribution in [1.82, 2.24) is 10.3 Å². The molecular formula is C16H16N2O2. The van der Waals surface area contributed by atoms with E-state index in [9.17, 15) is 4.79 Å². The number of rotatable bonds is 3. The molecule has 4 heteroatoms. The predicted molar refractivity (Wildman–Crippen MR) is 75.7 cm³/mol. The maximum absolute atomic E-state index is 11.0. The molecule has 0 aliphatic carbocycles. The SMILES string of the molecule is O=C(O)c1ccc2c(n1)CC(Cc1ccccc1)NC2. The molecule has 0 radical (unpaired) electrons. The third kappa shape index (κ3) is 2.70. The highest BCUT2D eigenvalue weighted by Crippen LogP contribution is 2.18. The molecule has 0 saturated carbocycles. The summed E-state index contributed by atoms with van der Waals surface area (Å²) in [5, 5.41) is 12.5. The Kier molecular flexibility index (Phi) is 3.48. The van der Waals surface area contributed by atoms with Crippen LogP contribution in [0.1, 0.15) is 27.3 Å². The quantitative estimate of drug-likeness (QED) is 0.894. The van der Waals surface area contributed by atoms with E-state index in [1.54, 1.807) is 6.07 Å². The number of hydrogen-bond donors (Lipinski definition) is 2. The minimum Gasteiger partial charge on any atom is -0.477 e. The Hall–Kier alpha value is -2.20. The summed E-state index contributed by atoms with van der Waals surface area (Å²) < 4.78 is 0. The first-order valence-corrected chi connectivity index (χ1v) is 6.72. The monoisotopic (exact) mass is 268 g/mol. The second-order valence-corrected chi connectivity index (χ2v) is 5.08. The smallest absolute Gasteiger partial charge is 0.354 e. The van der Waals surface area contributed by atoms with E-state index in [4.69, 9.17) is 5.11 Å². The molecule has 4 nitrogen and oxygen atoms in total. The maximum Gasteiger partial charge on any atom is 0.354 e. The van der Waals surface area contributed by atoms with Crippen LogP contribution in [-0.2, 0) is 19.4 Å². The molecule has 1 atom stereocenters. The van der Waals surface area contributed by atoms with Crippen LogP contribution in [0, 0.1) is 0 Å². The van der Waals surface area contributed by atoms with Gasteiger partial charge in [0.1, 0.15) is 5.69 Å². The molecule has 1 aromatic heterocycles. The number of carboxylic acids is 1. The third-order valence-corrected chi connectivity index (χ3v) is 3.63. The highest BCUT2D eigenvalue weighted by molar-refractivity contribution is 5.85. The van der Waals surface area contributed by atoms with E-state index < -0.39 is 5.97 Å². The molecule has 1 aromatic carbocycles. The summed E-state index contributed by atoms with van der Waals surface area (Å²) in [5.41, 5.74) is 3.41. The van der Waals surface area contributed by atoms with Gasteiger partial charge in [0.2, 0.25) is 0 Å². The van der Waals surface area contributed by atoms with Crippen molar-refractivity contribution in [3.05, 3.63) is 65.0 Å². The highest BCUT2D eigenvalue weighted by Gasteiger charge is 2.20. The molecule has 0 bridgehead atoms. The van der Waals surface area contributed by atoms with E-state index in [1.165, 1.54) is 5.56 Å². The van der Waals surface area contributed by atoms with Gasteiger partial charge in [-0.2, -0.15) is 0 Å². The van der Waals surface area contributed by atoms with Gasteiger partial charge in [-0.15, -0.1) is 0 Å². The lowest BCUT2D eigenvalue weighted by Gasteiger charge is -2.25. The van der Waals surface area contributed by atoms with Gasteiger partial charge in [-0.1, -0.05) is 36.4 Å². The first kappa shape index (κ1) is 12.8. The van der Waals surface area contributed by atoms with E-state index in [-0.39, 0.29) is 5.69 Å². The van der Waals surface area contributed by atoms with Crippen LogP contribution in [0.25, 0.3) is 0 Å². The van der Waals surface area contributed by atoms with Crippen molar-refractivity contribution in [1.29, 1.82) is 0 Å². The van der Waals surface area contributed by atoms with Crippen molar-refractivity contribution < 1.29 is 9.90 Å². The Balaban J connectivity index is 1.77. The van der Waals surface area contributed by atoms with E-state index in [0.717, 1.165) is 30.6 Å². The van der Waals surface area contributed by atoms with Crippen LogP contribution in [0.3, 0.4) is 0 Å². The number of nitrogens with zero attached hydrogens (tertiary/aromatic N) is 1. The molecule has 20 heavy (non-hydrogen) atoms. The normalized spacial score (nSPS) is 17.5. The van der Waals surface area contributed by atoms with Gasteiger partial charge in [-0.05, 0) is 23.6 Å². The molecule has 0 saturated heterocycles. The Bertz CT molecular complexity index is 626. The van der Waals surface area contributed by atoms with Gasteiger partial charge in [-0.3, -0.25) is 0 Å². The number of aromatic carboxylic acids is 1. The topological polar surface area (TPSA) is 62.2 Å². The third-order valence-electron chi connectivity index (χ3n) is 3.63. The average molecular weight is 268 g/mol. The van der Waals surface area contributed by atoms with Gasteiger partial charge in [0.15, 0.2) is 0 Å². The Morgan fingerprint density at radius 2 is 2.05 bits per heavy atom. The van der Waals surface area contributed by atoms with Crippen molar-refractivity contribution in [2.45, 2.75) is 25.4 Å². The second-order valence-electron chi connectivity index (χ2n) is 5.08. The fraction of sp³-hybridized carbons (Fsp3) is 0.250. The fourth-order valence-electron chi connectivity index (χ4n) is 2.59. The van der Waals surface area contributed by atoms with E-state index in [2.05, 4.69) is 22.4 Å². The summed E-state index contributed by atoms with van der Waals surface area (Å²) in [6.45, 7) is 0.750. The molecule has 2 N–H and O–H groups in total. The molecule has 3 rings (SSSR count). The zero-order valence-electron chi connectivity index (χ0n) is 11.0. The molecule has 1 aliphatic heterocycles. The summed E-state index contributed by atoms with van der Waals surface area (Å²) in [4.78, 5) is 15.2. The standard InChI is InChI=1S/C16H16N2O2/c19-16(20)14-7-6-12-10-17-13(9-15(12)18-14)8-11-4-2-1-3-5-11/h1-7,13,17H,8-10H2,(H,19,20). The summed E-state index contributed by atoms with van der Waals surface area (Å²) >= 11 is 0. The zero-order valence-corrected chi connectivity index (χ0v) is 11.0. The van der Waals surface area contributed by atoms with Crippen LogP contribution in [-0.4, -0.2) is 22.1 Å². The summed E-state index contributed by atoms with van der Waals surface area (Å²) in [6.07, 6.45) is 1.70. The minimum absolute atomic E-state index is 0.129. The Morgan fingerprint density at radius 3 is 2.80 bits per heavy atom. The van der Waals surface area contributed by atoms with Crippen LogP contribution in [0.5, 0.6) is 0 Å². The second kappa shape index (κ2) is 5.43. The lowest BCUT2D eigenvalue weighted by molar-refractivity contribution is 0.0690. The number of benzene rings is 1. The molecule has 1 unspecified atom stereocenters. The molecule has 0 fully saturated rings. The minimum atomic E-state index is -0.967. The molecule has 0 amide bonds. The molecule has 0 spiro atoms. The number of carboxylic acid groups (broad SMARTS) is 1. The molecule has 102 valence electrons. The number of hydrogen-bond acceptors (Lipinski definition) is 3. The van der Waals surface area contributed by atoms with E-state index in [1.807, 2.05) is 24.3 Å². The first-order valence-electron chi connectivity index (χ1n) is 6.72. The van der Waals surface area contributed by atoms with Crippen molar-refractivity contribution in [2.75, 3.05) is 0 Å². The highest BCUT2D eigenvalue weighted by atomic mass is 16.4. The maximum atomic E-state index is 11.0. The van der Waals surface area contributed by atoms with Gasteiger partial charge >= 0.3 is 5.97 Å². The lowest BCUT2D eigenvalue weighted by Crippen LogP contribution is -2.37. The van der Waals surface area contributed by atoms with Crippen molar-refractivity contribution in [3.8, 4) is 0 Å². The molecule has 2 heterocycles. The van der Waals surface area contributed by atoms with Crippen LogP contribution in [0.2, 0.25) is 0 Å². The zero-order chi connectivity index (χ0) is 13.9. The number of fused-ring (bicyclic) bond motifs is 1. The fourth-order valence-corrected chi connectivity index (χ4v) is 2.59. The van der Waals surface area contributed by atoms with Crippen molar-refractivity contribution in [3.63, 3.8) is 0 Å². The molecule has 1 aliphatic rings. The lowest BCUT2D eigenvalue weighted by atomic mass is 9.95. The summed E-state index contributed by atoms with van der Waals surface area (Å²) in [7, 11) is 0. The van der Waals surface area contributed by atoms with Crippen molar-refractivity contribution >= 4 is 5.97 Å². The van der Waals surface area contributed by atoms with Gasteiger partial charge in [0.25, 0.3) is 0 Å². The van der Waals surface area contributed by atoms with Gasteiger partial charge in [-0.25, -0.2) is 9.78 Å². The number of aromatic nitrogens is 1. The first-order chi connectivity index (χ1) is 9.72. The van der Waals surface area contributed by atoms with Crippen LogP contribution < -0.4 is 5.32 Å².